The summed E-state index contributed by atoms with van der Waals surface area (Å²) < 4.78 is 8.19. The van der Waals surface area contributed by atoms with Crippen LogP contribution in [0.4, 0.5) is 0 Å². The number of aromatic nitrogens is 2. The van der Waals surface area contributed by atoms with Crippen LogP contribution >= 0.6 is 0 Å². The molecule has 29 heavy (non-hydrogen) atoms. The Kier molecular flexibility index (Phi) is 4.91. The van der Waals surface area contributed by atoms with Crippen molar-refractivity contribution in [3.63, 3.8) is 0 Å². The predicted molar refractivity (Wildman–Crippen MR) is 113 cm³/mol. The fraction of sp³-hybridized carbons (Fsp3) is 0.333. The normalized spacial score (nSPS) is 17.3. The lowest BCUT2D eigenvalue weighted by molar-refractivity contribution is 0.0619. The van der Waals surface area contributed by atoms with Crippen molar-refractivity contribution >= 4 is 5.91 Å². The van der Waals surface area contributed by atoms with Gasteiger partial charge in [-0.25, -0.2) is 4.98 Å². The Hall–Kier alpha value is -3.08. The van der Waals surface area contributed by atoms with Crippen LogP contribution in [0.25, 0.3) is 0 Å². The summed E-state index contributed by atoms with van der Waals surface area (Å²) in [5, 5.41) is 3.21. The standard InChI is InChI=1S/C24H27N3O2/c1-16-5-10-22-20(13-16)21(14-24(3,4)29-22)26-23(28)19-8-6-18(7-9-19)15-27-12-11-25-17(27)2/h5-13,21H,14-15H2,1-4H3,(H,26,28). The van der Waals surface area contributed by atoms with Gasteiger partial charge in [-0.1, -0.05) is 29.8 Å². The SMILES string of the molecule is Cc1ccc2c(c1)C(NC(=O)c1ccc(Cn3ccnc3C)cc1)CC(C)(C)O2. The lowest BCUT2D eigenvalue weighted by atomic mass is 9.88. The molecule has 5 nitrogen and oxygen atoms in total. The summed E-state index contributed by atoms with van der Waals surface area (Å²) in [5.41, 5.74) is 3.67. The van der Waals surface area contributed by atoms with Crippen molar-refractivity contribution in [2.24, 2.45) is 0 Å². The third-order valence-electron chi connectivity index (χ3n) is 5.42. The highest BCUT2D eigenvalue weighted by molar-refractivity contribution is 5.94. The van der Waals surface area contributed by atoms with E-state index in [0.29, 0.717) is 5.56 Å². The van der Waals surface area contributed by atoms with Gasteiger partial charge in [-0.2, -0.15) is 0 Å². The molecule has 3 aromatic rings. The fourth-order valence-corrected chi connectivity index (χ4v) is 3.87. The topological polar surface area (TPSA) is 56.2 Å². The highest BCUT2D eigenvalue weighted by atomic mass is 16.5. The van der Waals surface area contributed by atoms with Gasteiger partial charge in [0, 0.05) is 36.5 Å². The van der Waals surface area contributed by atoms with Crippen molar-refractivity contribution in [2.45, 2.75) is 52.3 Å². The van der Waals surface area contributed by atoms with Crippen LogP contribution in [0.3, 0.4) is 0 Å². The Morgan fingerprint density at radius 3 is 2.66 bits per heavy atom. The summed E-state index contributed by atoms with van der Waals surface area (Å²) in [7, 11) is 0. The van der Waals surface area contributed by atoms with Gasteiger partial charge in [-0.05, 0) is 51.5 Å². The Bertz CT molecular complexity index is 1030. The number of amides is 1. The van der Waals surface area contributed by atoms with E-state index in [4.69, 9.17) is 4.74 Å². The molecule has 0 saturated heterocycles. The van der Waals surface area contributed by atoms with Crippen molar-refractivity contribution < 1.29 is 9.53 Å². The van der Waals surface area contributed by atoms with E-state index < -0.39 is 0 Å². The molecule has 0 bridgehead atoms. The number of benzene rings is 2. The maximum absolute atomic E-state index is 12.9. The summed E-state index contributed by atoms with van der Waals surface area (Å²) in [6.45, 7) is 8.90. The highest BCUT2D eigenvalue weighted by Gasteiger charge is 2.34. The Balaban J connectivity index is 1.50. The lowest BCUT2D eigenvalue weighted by Crippen LogP contribution is -2.41. The largest absolute Gasteiger partial charge is 0.487 e. The average Bonchev–Trinajstić information content (AvgIpc) is 3.07. The summed E-state index contributed by atoms with van der Waals surface area (Å²) in [6.07, 6.45) is 4.49. The molecule has 1 aromatic heterocycles. The van der Waals surface area contributed by atoms with Crippen LogP contribution < -0.4 is 10.1 Å². The van der Waals surface area contributed by atoms with E-state index in [9.17, 15) is 4.79 Å². The van der Waals surface area contributed by atoms with E-state index in [1.54, 1.807) is 6.20 Å². The first-order chi connectivity index (χ1) is 13.8. The Morgan fingerprint density at radius 1 is 1.21 bits per heavy atom. The quantitative estimate of drug-likeness (QED) is 0.711. The van der Waals surface area contributed by atoms with Crippen LogP contribution in [0.5, 0.6) is 5.75 Å². The first-order valence-corrected chi connectivity index (χ1v) is 9.98. The maximum atomic E-state index is 12.9. The van der Waals surface area contributed by atoms with Crippen LogP contribution in [0.15, 0.2) is 54.9 Å². The van der Waals surface area contributed by atoms with E-state index in [2.05, 4.69) is 41.7 Å². The summed E-state index contributed by atoms with van der Waals surface area (Å²) in [6, 6.07) is 13.8. The van der Waals surface area contributed by atoms with Crippen LogP contribution in [0.2, 0.25) is 0 Å². The summed E-state index contributed by atoms with van der Waals surface area (Å²) in [5.74, 6) is 1.76. The van der Waals surface area contributed by atoms with Gasteiger partial charge in [-0.3, -0.25) is 4.79 Å². The molecule has 2 aromatic carbocycles. The second-order valence-corrected chi connectivity index (χ2v) is 8.43. The molecule has 2 heterocycles. The minimum absolute atomic E-state index is 0.0643. The number of hydrogen-bond acceptors (Lipinski definition) is 3. The number of nitrogens with zero attached hydrogens (tertiary/aromatic N) is 2. The zero-order valence-corrected chi connectivity index (χ0v) is 17.4. The summed E-state index contributed by atoms with van der Waals surface area (Å²) >= 11 is 0. The molecule has 0 fully saturated rings. The monoisotopic (exact) mass is 389 g/mol. The molecule has 0 radical (unpaired) electrons. The van der Waals surface area contributed by atoms with E-state index in [0.717, 1.165) is 41.2 Å². The number of rotatable bonds is 4. The molecule has 5 heteroatoms. The van der Waals surface area contributed by atoms with Crippen LogP contribution in [0.1, 0.15) is 59.2 Å². The van der Waals surface area contributed by atoms with E-state index >= 15 is 0 Å². The number of hydrogen-bond donors (Lipinski definition) is 1. The van der Waals surface area contributed by atoms with E-state index in [1.807, 2.05) is 49.5 Å². The average molecular weight is 389 g/mol. The zero-order valence-electron chi connectivity index (χ0n) is 17.4. The number of nitrogens with one attached hydrogen (secondary N) is 1. The fourth-order valence-electron chi connectivity index (χ4n) is 3.87. The molecular formula is C24H27N3O2. The van der Waals surface area contributed by atoms with Crippen molar-refractivity contribution in [3.8, 4) is 5.75 Å². The van der Waals surface area contributed by atoms with Crippen LogP contribution in [-0.4, -0.2) is 21.1 Å². The van der Waals surface area contributed by atoms with Crippen LogP contribution in [0, 0.1) is 13.8 Å². The molecule has 1 atom stereocenters. The third kappa shape index (κ3) is 4.19. The van der Waals surface area contributed by atoms with Gasteiger partial charge in [-0.15, -0.1) is 0 Å². The van der Waals surface area contributed by atoms with Gasteiger partial charge < -0.3 is 14.6 Å². The maximum Gasteiger partial charge on any atom is 0.251 e. The van der Waals surface area contributed by atoms with Crippen LogP contribution in [-0.2, 0) is 6.54 Å². The van der Waals surface area contributed by atoms with Gasteiger partial charge >= 0.3 is 0 Å². The van der Waals surface area contributed by atoms with E-state index in [1.165, 1.54) is 0 Å². The Labute approximate surface area is 171 Å². The third-order valence-corrected chi connectivity index (χ3v) is 5.42. The summed E-state index contributed by atoms with van der Waals surface area (Å²) in [4.78, 5) is 17.2. The minimum Gasteiger partial charge on any atom is -0.487 e. The number of fused-ring (bicyclic) bond motifs is 1. The molecule has 0 spiro atoms. The highest BCUT2D eigenvalue weighted by Crippen LogP contribution is 2.40. The van der Waals surface area contributed by atoms with Crippen molar-refractivity contribution in [3.05, 3.63) is 82.9 Å². The first-order valence-electron chi connectivity index (χ1n) is 9.98. The second-order valence-electron chi connectivity index (χ2n) is 8.43. The molecule has 1 N–H and O–H groups in total. The van der Waals surface area contributed by atoms with E-state index in [-0.39, 0.29) is 17.6 Å². The first kappa shape index (κ1) is 19.2. The molecule has 4 rings (SSSR count). The molecule has 150 valence electrons. The molecule has 0 saturated carbocycles. The predicted octanol–water partition coefficient (Wildman–Crippen LogP) is 4.58. The zero-order chi connectivity index (χ0) is 20.6. The molecule has 1 amide bonds. The van der Waals surface area contributed by atoms with Gasteiger partial charge in [0.15, 0.2) is 0 Å². The smallest absolute Gasteiger partial charge is 0.251 e. The van der Waals surface area contributed by atoms with Crippen molar-refractivity contribution in [1.82, 2.24) is 14.9 Å². The van der Waals surface area contributed by atoms with Gasteiger partial charge in [0.25, 0.3) is 5.91 Å². The molecule has 1 unspecified atom stereocenters. The number of aryl methyl sites for hydroxylation is 2. The van der Waals surface area contributed by atoms with Gasteiger partial charge in [0.05, 0.1) is 6.04 Å². The number of carbonyl (C=O) groups is 1. The molecule has 1 aliphatic heterocycles. The lowest BCUT2D eigenvalue weighted by Gasteiger charge is -2.38. The Morgan fingerprint density at radius 2 is 1.97 bits per heavy atom. The minimum atomic E-state index is -0.327. The van der Waals surface area contributed by atoms with Gasteiger partial charge in [0.2, 0.25) is 0 Å². The number of carbonyl (C=O) groups excluding carboxylic acids is 1. The second kappa shape index (κ2) is 7.39. The van der Waals surface area contributed by atoms with Crippen molar-refractivity contribution in [1.29, 1.82) is 0 Å². The molecule has 0 aliphatic carbocycles. The number of imidazole rings is 1. The molecular weight excluding hydrogens is 362 g/mol. The number of ether oxygens (including phenoxy) is 1. The molecule has 1 aliphatic rings. The van der Waals surface area contributed by atoms with Crippen molar-refractivity contribution in [2.75, 3.05) is 0 Å². The van der Waals surface area contributed by atoms with Gasteiger partial charge in [0.1, 0.15) is 17.2 Å².